The third kappa shape index (κ3) is 1.39. The molecule has 0 aliphatic heterocycles. The summed E-state index contributed by atoms with van der Waals surface area (Å²) in [7, 11) is 0. The molecule has 0 aliphatic carbocycles. The lowest BCUT2D eigenvalue weighted by atomic mass is 10.1. The Balaban J connectivity index is 2.78. The Morgan fingerprint density at radius 1 is 1.50 bits per heavy atom. The summed E-state index contributed by atoms with van der Waals surface area (Å²) in [5.74, 6) is 0.275. The Kier molecular flexibility index (Phi) is 2.44. The van der Waals surface area contributed by atoms with E-state index in [9.17, 15) is 5.11 Å². The third-order valence-electron chi connectivity index (χ3n) is 2.00. The van der Waals surface area contributed by atoms with Gasteiger partial charge in [-0.15, -0.1) is 11.3 Å². The molecule has 1 heterocycles. The highest BCUT2D eigenvalue weighted by Crippen LogP contribution is 2.38. The first-order valence-corrected chi connectivity index (χ1v) is 5.66. The van der Waals surface area contributed by atoms with Gasteiger partial charge in [0.05, 0.1) is 12.5 Å². The monoisotopic (exact) mass is 267 g/mol. The SMILES string of the molecule is N#CCc1ccc(Br)c2c(O)csc12. The number of thiophene rings is 1. The van der Waals surface area contributed by atoms with Crippen LogP contribution in [0.25, 0.3) is 10.1 Å². The van der Waals surface area contributed by atoms with Crippen LogP contribution in [0.4, 0.5) is 0 Å². The van der Waals surface area contributed by atoms with E-state index in [0.29, 0.717) is 6.42 Å². The lowest BCUT2D eigenvalue weighted by molar-refractivity contribution is 0.483. The number of rotatable bonds is 1. The summed E-state index contributed by atoms with van der Waals surface area (Å²) >= 11 is 4.84. The average molecular weight is 268 g/mol. The van der Waals surface area contributed by atoms with E-state index < -0.39 is 0 Å². The van der Waals surface area contributed by atoms with Crippen LogP contribution in [0, 0.1) is 11.3 Å². The van der Waals surface area contributed by atoms with Crippen LogP contribution < -0.4 is 0 Å². The maximum Gasteiger partial charge on any atom is 0.135 e. The molecular weight excluding hydrogens is 262 g/mol. The predicted octanol–water partition coefficient (Wildman–Crippen LogP) is 3.44. The van der Waals surface area contributed by atoms with Gasteiger partial charge in [0.15, 0.2) is 0 Å². The minimum absolute atomic E-state index is 0.275. The van der Waals surface area contributed by atoms with Gasteiger partial charge in [-0.1, -0.05) is 6.07 Å². The van der Waals surface area contributed by atoms with Gasteiger partial charge in [-0.2, -0.15) is 5.26 Å². The molecule has 0 fully saturated rings. The molecular formula is C10H6BrNOS. The first-order chi connectivity index (χ1) is 6.74. The van der Waals surface area contributed by atoms with Gasteiger partial charge in [0.25, 0.3) is 0 Å². The number of hydrogen-bond acceptors (Lipinski definition) is 3. The highest BCUT2D eigenvalue weighted by atomic mass is 79.9. The van der Waals surface area contributed by atoms with Crippen molar-refractivity contribution in [2.45, 2.75) is 6.42 Å². The summed E-state index contributed by atoms with van der Waals surface area (Å²) in [6, 6.07) is 5.89. The molecule has 0 amide bonds. The molecule has 0 saturated heterocycles. The van der Waals surface area contributed by atoms with Crippen molar-refractivity contribution in [3.8, 4) is 11.8 Å². The Bertz CT molecular complexity index is 527. The molecule has 14 heavy (non-hydrogen) atoms. The fraction of sp³-hybridized carbons (Fsp3) is 0.100. The van der Waals surface area contributed by atoms with Crippen LogP contribution in [0.15, 0.2) is 22.0 Å². The van der Waals surface area contributed by atoms with Crippen molar-refractivity contribution in [2.75, 3.05) is 0 Å². The first-order valence-electron chi connectivity index (χ1n) is 3.98. The molecule has 0 aliphatic rings. The summed E-state index contributed by atoms with van der Waals surface area (Å²) < 4.78 is 1.85. The molecule has 1 N–H and O–H groups in total. The Morgan fingerprint density at radius 2 is 2.29 bits per heavy atom. The van der Waals surface area contributed by atoms with Crippen LogP contribution in [-0.4, -0.2) is 5.11 Å². The van der Waals surface area contributed by atoms with Gasteiger partial charge in [-0.3, -0.25) is 0 Å². The van der Waals surface area contributed by atoms with Gasteiger partial charge < -0.3 is 5.11 Å². The number of hydrogen-bond donors (Lipinski definition) is 1. The Morgan fingerprint density at radius 3 is 3.00 bits per heavy atom. The number of nitrogens with zero attached hydrogens (tertiary/aromatic N) is 1. The van der Waals surface area contributed by atoms with Crippen LogP contribution in [-0.2, 0) is 6.42 Å². The molecule has 4 heteroatoms. The molecule has 2 aromatic rings. The van der Waals surface area contributed by atoms with Crippen molar-refractivity contribution in [3.05, 3.63) is 27.5 Å². The summed E-state index contributed by atoms with van der Waals surface area (Å²) in [4.78, 5) is 0. The number of benzene rings is 1. The lowest BCUT2D eigenvalue weighted by Crippen LogP contribution is -1.81. The Hall–Kier alpha value is -1.05. The highest BCUT2D eigenvalue weighted by Gasteiger charge is 2.10. The van der Waals surface area contributed by atoms with E-state index in [2.05, 4.69) is 22.0 Å². The topological polar surface area (TPSA) is 44.0 Å². The molecule has 2 nitrogen and oxygen atoms in total. The maximum absolute atomic E-state index is 9.58. The highest BCUT2D eigenvalue weighted by molar-refractivity contribution is 9.10. The van der Waals surface area contributed by atoms with Gasteiger partial charge in [-0.25, -0.2) is 0 Å². The van der Waals surface area contributed by atoms with Crippen LogP contribution >= 0.6 is 27.3 Å². The summed E-state index contributed by atoms with van der Waals surface area (Å²) in [5, 5.41) is 20.7. The summed E-state index contributed by atoms with van der Waals surface area (Å²) in [5.41, 5.74) is 0.969. The van der Waals surface area contributed by atoms with Gasteiger partial charge in [-0.05, 0) is 27.6 Å². The number of aromatic hydroxyl groups is 1. The quantitative estimate of drug-likeness (QED) is 0.861. The van der Waals surface area contributed by atoms with Crippen molar-refractivity contribution in [1.82, 2.24) is 0 Å². The van der Waals surface area contributed by atoms with Gasteiger partial charge in [0, 0.05) is 19.9 Å². The van der Waals surface area contributed by atoms with E-state index in [0.717, 1.165) is 20.1 Å². The molecule has 0 saturated carbocycles. The number of halogens is 1. The van der Waals surface area contributed by atoms with E-state index in [1.807, 2.05) is 12.1 Å². The van der Waals surface area contributed by atoms with Crippen LogP contribution in [0.1, 0.15) is 5.56 Å². The molecule has 0 atom stereocenters. The van der Waals surface area contributed by atoms with Crippen molar-refractivity contribution < 1.29 is 5.11 Å². The Labute approximate surface area is 93.5 Å². The van der Waals surface area contributed by atoms with E-state index in [4.69, 9.17) is 5.26 Å². The van der Waals surface area contributed by atoms with Crippen molar-refractivity contribution in [2.24, 2.45) is 0 Å². The van der Waals surface area contributed by atoms with Gasteiger partial charge in [0.2, 0.25) is 0 Å². The maximum atomic E-state index is 9.58. The molecule has 0 spiro atoms. The van der Waals surface area contributed by atoms with E-state index in [1.54, 1.807) is 5.38 Å². The zero-order chi connectivity index (χ0) is 10.1. The molecule has 0 bridgehead atoms. The molecule has 2 rings (SSSR count). The molecule has 0 unspecified atom stereocenters. The zero-order valence-corrected chi connectivity index (χ0v) is 9.52. The van der Waals surface area contributed by atoms with Crippen LogP contribution in [0.5, 0.6) is 5.75 Å². The van der Waals surface area contributed by atoms with Gasteiger partial charge >= 0.3 is 0 Å². The second-order valence-corrected chi connectivity index (χ2v) is 4.60. The summed E-state index contributed by atoms with van der Waals surface area (Å²) in [6.07, 6.45) is 0.379. The van der Waals surface area contributed by atoms with Crippen LogP contribution in [0.2, 0.25) is 0 Å². The third-order valence-corrected chi connectivity index (χ3v) is 3.71. The standard InChI is InChI=1S/C10H6BrNOS/c11-7-2-1-6(3-4-12)10-9(7)8(13)5-14-10/h1-2,5,13H,3H2. The van der Waals surface area contributed by atoms with Gasteiger partial charge in [0.1, 0.15) is 5.75 Å². The second-order valence-electron chi connectivity index (χ2n) is 2.87. The summed E-state index contributed by atoms with van der Waals surface area (Å²) in [6.45, 7) is 0. The first kappa shape index (κ1) is 9.50. The van der Waals surface area contributed by atoms with Crippen molar-refractivity contribution >= 4 is 37.4 Å². The van der Waals surface area contributed by atoms with Crippen molar-refractivity contribution in [1.29, 1.82) is 5.26 Å². The van der Waals surface area contributed by atoms with Crippen LogP contribution in [0.3, 0.4) is 0 Å². The minimum atomic E-state index is 0.275. The predicted molar refractivity (Wildman–Crippen MR) is 60.5 cm³/mol. The molecule has 0 radical (unpaired) electrons. The van der Waals surface area contributed by atoms with E-state index >= 15 is 0 Å². The zero-order valence-electron chi connectivity index (χ0n) is 7.12. The second kappa shape index (κ2) is 3.60. The number of nitriles is 1. The molecule has 1 aromatic heterocycles. The largest absolute Gasteiger partial charge is 0.506 e. The minimum Gasteiger partial charge on any atom is -0.506 e. The molecule has 70 valence electrons. The average Bonchev–Trinajstić information content (AvgIpc) is 2.54. The number of fused-ring (bicyclic) bond motifs is 1. The smallest absolute Gasteiger partial charge is 0.135 e. The van der Waals surface area contributed by atoms with Crippen molar-refractivity contribution in [3.63, 3.8) is 0 Å². The van der Waals surface area contributed by atoms with E-state index in [1.165, 1.54) is 11.3 Å². The van der Waals surface area contributed by atoms with E-state index in [-0.39, 0.29) is 5.75 Å². The normalized spacial score (nSPS) is 10.3. The molecule has 1 aromatic carbocycles. The fourth-order valence-electron chi connectivity index (χ4n) is 1.37. The fourth-order valence-corrected chi connectivity index (χ4v) is 3.01. The lowest BCUT2D eigenvalue weighted by Gasteiger charge is -1.99.